The second kappa shape index (κ2) is 4.99. The van der Waals surface area contributed by atoms with Gasteiger partial charge in [-0.05, 0) is 25.1 Å². The van der Waals surface area contributed by atoms with Gasteiger partial charge in [0.05, 0.1) is 11.6 Å². The van der Waals surface area contributed by atoms with Crippen LogP contribution < -0.4 is 5.43 Å². The number of rotatable bonds is 0. The standard InChI is InChI=1S/C10H7ClO2.C2H6/c1-6-5-13-9-3-2-7(11)4-8(9)10(6)12;1-2/h2-5H,1H3;1-2H3. The zero-order chi connectivity index (χ0) is 11.4. The Bertz CT molecular complexity index is 509. The highest BCUT2D eigenvalue weighted by Gasteiger charge is 2.03. The summed E-state index contributed by atoms with van der Waals surface area (Å²) in [6, 6.07) is 5.01. The summed E-state index contributed by atoms with van der Waals surface area (Å²) in [4.78, 5) is 11.6. The molecule has 0 atom stereocenters. The quantitative estimate of drug-likeness (QED) is 0.682. The molecular formula is C12H13ClO2. The minimum absolute atomic E-state index is 0.0243. The van der Waals surface area contributed by atoms with Crippen molar-refractivity contribution in [2.45, 2.75) is 20.8 Å². The highest BCUT2D eigenvalue weighted by Crippen LogP contribution is 2.16. The number of hydrogen-bond acceptors (Lipinski definition) is 2. The molecule has 1 heterocycles. The van der Waals surface area contributed by atoms with E-state index < -0.39 is 0 Å². The average Bonchev–Trinajstić information content (AvgIpc) is 2.27. The summed E-state index contributed by atoms with van der Waals surface area (Å²) in [6.45, 7) is 5.71. The number of aryl methyl sites for hydroxylation is 1. The molecule has 0 N–H and O–H groups in total. The van der Waals surface area contributed by atoms with Crippen LogP contribution in [0.15, 0.2) is 33.7 Å². The molecule has 0 bridgehead atoms. The fraction of sp³-hybridized carbons (Fsp3) is 0.250. The lowest BCUT2D eigenvalue weighted by Gasteiger charge is -1.97. The van der Waals surface area contributed by atoms with Crippen LogP contribution in [0.5, 0.6) is 0 Å². The molecule has 0 aliphatic rings. The Balaban J connectivity index is 0.000000531. The van der Waals surface area contributed by atoms with Crippen LogP contribution in [-0.4, -0.2) is 0 Å². The van der Waals surface area contributed by atoms with E-state index in [2.05, 4.69) is 0 Å². The third-order valence-corrected chi connectivity index (χ3v) is 2.14. The van der Waals surface area contributed by atoms with Crippen LogP contribution in [0, 0.1) is 6.92 Å². The molecule has 0 amide bonds. The molecule has 0 radical (unpaired) electrons. The molecule has 15 heavy (non-hydrogen) atoms. The van der Waals surface area contributed by atoms with E-state index in [1.54, 1.807) is 25.1 Å². The van der Waals surface area contributed by atoms with Gasteiger partial charge in [-0.25, -0.2) is 0 Å². The molecule has 0 aliphatic heterocycles. The monoisotopic (exact) mass is 224 g/mol. The van der Waals surface area contributed by atoms with E-state index in [1.807, 2.05) is 13.8 Å². The van der Waals surface area contributed by atoms with Gasteiger partial charge in [0.15, 0.2) is 5.43 Å². The van der Waals surface area contributed by atoms with Crippen LogP contribution in [0.25, 0.3) is 11.0 Å². The molecule has 80 valence electrons. The summed E-state index contributed by atoms with van der Waals surface area (Å²) in [5.41, 5.74) is 1.14. The van der Waals surface area contributed by atoms with Gasteiger partial charge in [0.25, 0.3) is 0 Å². The minimum Gasteiger partial charge on any atom is -0.464 e. The minimum atomic E-state index is -0.0243. The third-order valence-electron chi connectivity index (χ3n) is 1.91. The van der Waals surface area contributed by atoms with Gasteiger partial charge in [0, 0.05) is 10.6 Å². The topological polar surface area (TPSA) is 30.2 Å². The molecule has 0 fully saturated rings. The van der Waals surface area contributed by atoms with Crippen molar-refractivity contribution < 1.29 is 4.42 Å². The lowest BCUT2D eigenvalue weighted by molar-refractivity contribution is 0.597. The summed E-state index contributed by atoms with van der Waals surface area (Å²) in [7, 11) is 0. The number of halogens is 1. The Morgan fingerprint density at radius 2 is 1.93 bits per heavy atom. The van der Waals surface area contributed by atoms with Crippen LogP contribution in [0.4, 0.5) is 0 Å². The Morgan fingerprint density at radius 1 is 1.27 bits per heavy atom. The first-order valence-corrected chi connectivity index (χ1v) is 5.24. The summed E-state index contributed by atoms with van der Waals surface area (Å²) >= 11 is 5.76. The summed E-state index contributed by atoms with van der Waals surface area (Å²) < 4.78 is 5.22. The molecule has 0 saturated carbocycles. The van der Waals surface area contributed by atoms with Gasteiger partial charge in [-0.15, -0.1) is 0 Å². The first-order valence-electron chi connectivity index (χ1n) is 4.86. The summed E-state index contributed by atoms with van der Waals surface area (Å²) in [6.07, 6.45) is 1.46. The van der Waals surface area contributed by atoms with Gasteiger partial charge < -0.3 is 4.42 Å². The van der Waals surface area contributed by atoms with Crippen LogP contribution in [0.2, 0.25) is 5.02 Å². The van der Waals surface area contributed by atoms with Crippen LogP contribution in [0.1, 0.15) is 19.4 Å². The van der Waals surface area contributed by atoms with E-state index in [1.165, 1.54) is 6.26 Å². The molecule has 0 spiro atoms. The zero-order valence-corrected chi connectivity index (χ0v) is 9.76. The first kappa shape index (κ1) is 11.8. The number of benzene rings is 1. The fourth-order valence-electron chi connectivity index (χ4n) is 1.20. The zero-order valence-electron chi connectivity index (χ0n) is 9.00. The van der Waals surface area contributed by atoms with Crippen LogP contribution in [-0.2, 0) is 0 Å². The lowest BCUT2D eigenvalue weighted by atomic mass is 10.2. The van der Waals surface area contributed by atoms with Crippen molar-refractivity contribution in [3.05, 3.63) is 45.3 Å². The fourth-order valence-corrected chi connectivity index (χ4v) is 1.37. The highest BCUT2D eigenvalue weighted by molar-refractivity contribution is 6.31. The van der Waals surface area contributed by atoms with Crippen molar-refractivity contribution in [1.29, 1.82) is 0 Å². The SMILES string of the molecule is CC.Cc1coc2ccc(Cl)cc2c1=O. The molecule has 2 nitrogen and oxygen atoms in total. The van der Waals surface area contributed by atoms with Crippen molar-refractivity contribution in [3.8, 4) is 0 Å². The highest BCUT2D eigenvalue weighted by atomic mass is 35.5. The van der Waals surface area contributed by atoms with Crippen molar-refractivity contribution in [1.82, 2.24) is 0 Å². The Hall–Kier alpha value is -1.28. The summed E-state index contributed by atoms with van der Waals surface area (Å²) in [5, 5.41) is 1.08. The Labute approximate surface area is 93.5 Å². The maximum absolute atomic E-state index is 11.6. The van der Waals surface area contributed by atoms with Crippen molar-refractivity contribution in [2.24, 2.45) is 0 Å². The second-order valence-corrected chi connectivity index (χ2v) is 3.32. The van der Waals surface area contributed by atoms with Crippen molar-refractivity contribution in [3.63, 3.8) is 0 Å². The molecule has 3 heteroatoms. The van der Waals surface area contributed by atoms with E-state index in [0.29, 0.717) is 21.6 Å². The lowest BCUT2D eigenvalue weighted by Crippen LogP contribution is -2.03. The average molecular weight is 225 g/mol. The number of fused-ring (bicyclic) bond motifs is 1. The van der Waals surface area contributed by atoms with Gasteiger partial charge in [0.2, 0.25) is 0 Å². The Kier molecular flexibility index (Phi) is 3.92. The maximum Gasteiger partial charge on any atom is 0.195 e. The van der Waals surface area contributed by atoms with Gasteiger partial charge in [-0.1, -0.05) is 25.4 Å². The molecule has 0 saturated heterocycles. The predicted molar refractivity (Wildman–Crippen MR) is 63.6 cm³/mol. The van der Waals surface area contributed by atoms with Crippen LogP contribution >= 0.6 is 11.6 Å². The molecule has 1 aromatic carbocycles. The Morgan fingerprint density at radius 3 is 2.60 bits per heavy atom. The van der Waals surface area contributed by atoms with Gasteiger partial charge in [-0.2, -0.15) is 0 Å². The van der Waals surface area contributed by atoms with Gasteiger partial charge in [-0.3, -0.25) is 4.79 Å². The van der Waals surface area contributed by atoms with Crippen molar-refractivity contribution in [2.75, 3.05) is 0 Å². The van der Waals surface area contributed by atoms with E-state index >= 15 is 0 Å². The third kappa shape index (κ3) is 2.39. The van der Waals surface area contributed by atoms with Gasteiger partial charge >= 0.3 is 0 Å². The molecule has 0 aliphatic carbocycles. The molecule has 2 aromatic rings. The van der Waals surface area contributed by atoms with Crippen LogP contribution in [0.3, 0.4) is 0 Å². The maximum atomic E-state index is 11.6. The van der Waals surface area contributed by atoms with Crippen molar-refractivity contribution >= 4 is 22.6 Å². The van der Waals surface area contributed by atoms with Gasteiger partial charge in [0.1, 0.15) is 5.58 Å². The smallest absolute Gasteiger partial charge is 0.195 e. The molecule has 2 rings (SSSR count). The normalized spacial score (nSPS) is 9.60. The summed E-state index contributed by atoms with van der Waals surface area (Å²) in [5.74, 6) is 0. The second-order valence-electron chi connectivity index (χ2n) is 2.89. The first-order chi connectivity index (χ1) is 7.18. The van der Waals surface area contributed by atoms with E-state index in [-0.39, 0.29) is 5.43 Å². The predicted octanol–water partition coefficient (Wildman–Crippen LogP) is 3.78. The van der Waals surface area contributed by atoms with E-state index in [0.717, 1.165) is 0 Å². The van der Waals surface area contributed by atoms with E-state index in [4.69, 9.17) is 16.0 Å². The molecule has 1 aromatic heterocycles. The largest absolute Gasteiger partial charge is 0.464 e. The number of hydrogen-bond donors (Lipinski definition) is 0. The molecule has 0 unspecified atom stereocenters. The molecular weight excluding hydrogens is 212 g/mol. The van der Waals surface area contributed by atoms with E-state index in [9.17, 15) is 4.79 Å².